The molecule has 0 unspecified atom stereocenters. The molecule has 0 aliphatic rings. The van der Waals surface area contributed by atoms with E-state index in [4.69, 9.17) is 9.15 Å². The molecule has 5 nitrogen and oxygen atoms in total. The molecule has 0 radical (unpaired) electrons. The molecule has 0 spiro atoms. The van der Waals surface area contributed by atoms with E-state index in [0.717, 1.165) is 28.5 Å². The number of benzene rings is 2. The van der Waals surface area contributed by atoms with Crippen LogP contribution in [0.15, 0.2) is 71.1 Å². The summed E-state index contributed by atoms with van der Waals surface area (Å²) in [5.41, 5.74) is 1.86. The third-order valence-corrected chi connectivity index (χ3v) is 4.02. The number of nitrogens with one attached hydrogen (secondary N) is 1. The van der Waals surface area contributed by atoms with Gasteiger partial charge in [-0.3, -0.25) is 9.69 Å². The zero-order chi connectivity index (χ0) is 19.1. The van der Waals surface area contributed by atoms with Gasteiger partial charge in [0.05, 0.1) is 13.1 Å². The molecule has 0 saturated heterocycles. The van der Waals surface area contributed by atoms with Crippen LogP contribution in [0.3, 0.4) is 0 Å². The minimum atomic E-state index is -0.0706. The highest BCUT2D eigenvalue weighted by atomic mass is 16.5. The number of nitrogens with zero attached hydrogens (tertiary/aromatic N) is 1. The Morgan fingerprint density at radius 1 is 1.04 bits per heavy atom. The lowest BCUT2D eigenvalue weighted by molar-refractivity contribution is -0.117. The van der Waals surface area contributed by atoms with E-state index in [1.165, 1.54) is 0 Å². The van der Waals surface area contributed by atoms with E-state index >= 15 is 0 Å². The van der Waals surface area contributed by atoms with Crippen molar-refractivity contribution in [3.8, 4) is 5.75 Å². The summed E-state index contributed by atoms with van der Waals surface area (Å²) in [5, 5.41) is 2.90. The van der Waals surface area contributed by atoms with Gasteiger partial charge in [-0.25, -0.2) is 0 Å². The standard InChI is InChI=1S/C22H24N2O3/c1-17-8-11-21(27-17)14-24(2)15-22(25)23-19-9-12-20(13-10-19)26-16-18-6-4-3-5-7-18/h3-13H,14-16H2,1-2H3,(H,23,25). The van der Waals surface area contributed by atoms with Crippen molar-refractivity contribution in [3.05, 3.63) is 83.8 Å². The fourth-order valence-corrected chi connectivity index (χ4v) is 2.71. The fourth-order valence-electron chi connectivity index (χ4n) is 2.71. The molecule has 0 aliphatic heterocycles. The lowest BCUT2D eigenvalue weighted by Crippen LogP contribution is -2.29. The summed E-state index contributed by atoms with van der Waals surface area (Å²) in [6.45, 7) is 3.30. The van der Waals surface area contributed by atoms with Crippen LogP contribution in [0.5, 0.6) is 5.75 Å². The summed E-state index contributed by atoms with van der Waals surface area (Å²) in [6, 6.07) is 21.2. The molecule has 5 heteroatoms. The number of ether oxygens (including phenoxy) is 1. The van der Waals surface area contributed by atoms with Crippen molar-refractivity contribution in [2.24, 2.45) is 0 Å². The zero-order valence-electron chi connectivity index (χ0n) is 15.6. The van der Waals surface area contributed by atoms with Gasteiger partial charge in [0.2, 0.25) is 5.91 Å². The van der Waals surface area contributed by atoms with Crippen LogP contribution in [-0.4, -0.2) is 24.4 Å². The Labute approximate surface area is 159 Å². The van der Waals surface area contributed by atoms with Crippen LogP contribution in [0, 0.1) is 6.92 Å². The second kappa shape index (κ2) is 9.05. The predicted molar refractivity (Wildman–Crippen MR) is 106 cm³/mol. The summed E-state index contributed by atoms with van der Waals surface area (Å²) in [5.74, 6) is 2.42. The van der Waals surface area contributed by atoms with Crippen molar-refractivity contribution in [3.63, 3.8) is 0 Å². The van der Waals surface area contributed by atoms with Crippen LogP contribution < -0.4 is 10.1 Å². The largest absolute Gasteiger partial charge is 0.489 e. The van der Waals surface area contributed by atoms with Crippen molar-refractivity contribution in [1.29, 1.82) is 0 Å². The Kier molecular flexibility index (Phi) is 6.28. The number of furan rings is 1. The van der Waals surface area contributed by atoms with E-state index < -0.39 is 0 Å². The van der Waals surface area contributed by atoms with E-state index in [0.29, 0.717) is 13.2 Å². The van der Waals surface area contributed by atoms with Gasteiger partial charge in [-0.2, -0.15) is 0 Å². The lowest BCUT2D eigenvalue weighted by Gasteiger charge is -2.15. The first kappa shape index (κ1) is 18.7. The normalized spacial score (nSPS) is 10.8. The third kappa shape index (κ3) is 6.01. The summed E-state index contributed by atoms with van der Waals surface area (Å²) < 4.78 is 11.3. The first-order valence-electron chi connectivity index (χ1n) is 8.89. The van der Waals surface area contributed by atoms with Crippen LogP contribution in [0.4, 0.5) is 5.69 Å². The highest BCUT2D eigenvalue weighted by Crippen LogP contribution is 2.17. The molecule has 0 bridgehead atoms. The fraction of sp³-hybridized carbons (Fsp3) is 0.227. The molecule has 0 saturated carbocycles. The van der Waals surface area contributed by atoms with Crippen molar-refractivity contribution in [1.82, 2.24) is 4.90 Å². The molecule has 1 N–H and O–H groups in total. The van der Waals surface area contributed by atoms with Crippen molar-refractivity contribution in [2.45, 2.75) is 20.1 Å². The molecule has 1 amide bonds. The SMILES string of the molecule is Cc1ccc(CN(C)CC(=O)Nc2ccc(OCc3ccccc3)cc2)o1. The van der Waals surface area contributed by atoms with E-state index in [9.17, 15) is 4.79 Å². The predicted octanol–water partition coefficient (Wildman–Crippen LogP) is 4.24. The minimum Gasteiger partial charge on any atom is -0.489 e. The number of carbonyl (C=O) groups is 1. The second-order valence-electron chi connectivity index (χ2n) is 6.53. The minimum absolute atomic E-state index is 0.0706. The maximum Gasteiger partial charge on any atom is 0.238 e. The van der Waals surface area contributed by atoms with Crippen molar-refractivity contribution < 1.29 is 13.9 Å². The Balaban J connectivity index is 1.45. The van der Waals surface area contributed by atoms with Crippen LogP contribution in [0.25, 0.3) is 0 Å². The van der Waals surface area contributed by atoms with E-state index in [-0.39, 0.29) is 12.5 Å². The van der Waals surface area contributed by atoms with E-state index in [1.807, 2.05) is 85.6 Å². The molecule has 0 fully saturated rings. The van der Waals surface area contributed by atoms with Gasteiger partial charge >= 0.3 is 0 Å². The van der Waals surface area contributed by atoms with Crippen molar-refractivity contribution >= 4 is 11.6 Å². The molecule has 27 heavy (non-hydrogen) atoms. The number of aryl methyl sites for hydroxylation is 1. The molecule has 3 aromatic rings. The Morgan fingerprint density at radius 3 is 2.44 bits per heavy atom. The molecule has 1 heterocycles. The van der Waals surface area contributed by atoms with Gasteiger partial charge in [-0.15, -0.1) is 0 Å². The number of likely N-dealkylation sites (N-methyl/N-ethyl adjacent to an activating group) is 1. The van der Waals surface area contributed by atoms with Gasteiger partial charge in [-0.05, 0) is 55.9 Å². The smallest absolute Gasteiger partial charge is 0.238 e. The first-order valence-corrected chi connectivity index (χ1v) is 8.89. The molecule has 0 aliphatic carbocycles. The van der Waals surface area contributed by atoms with Crippen LogP contribution in [0.2, 0.25) is 0 Å². The number of carbonyl (C=O) groups excluding carboxylic acids is 1. The van der Waals surface area contributed by atoms with Gasteiger partial charge in [0.15, 0.2) is 0 Å². The van der Waals surface area contributed by atoms with Gasteiger partial charge in [0.25, 0.3) is 0 Å². The number of amides is 1. The maximum atomic E-state index is 12.2. The molecule has 2 aromatic carbocycles. The molecule has 0 atom stereocenters. The summed E-state index contributed by atoms with van der Waals surface area (Å²) >= 11 is 0. The third-order valence-electron chi connectivity index (χ3n) is 4.02. The van der Waals surface area contributed by atoms with Crippen molar-refractivity contribution in [2.75, 3.05) is 18.9 Å². The number of anilines is 1. The maximum absolute atomic E-state index is 12.2. The first-order chi connectivity index (χ1) is 13.1. The van der Waals surface area contributed by atoms with Gasteiger partial charge in [-0.1, -0.05) is 30.3 Å². The van der Waals surface area contributed by atoms with Crippen LogP contribution in [0.1, 0.15) is 17.1 Å². The summed E-state index contributed by atoms with van der Waals surface area (Å²) in [7, 11) is 1.89. The van der Waals surface area contributed by atoms with E-state index in [1.54, 1.807) is 0 Å². The van der Waals surface area contributed by atoms with Gasteiger partial charge in [0.1, 0.15) is 23.9 Å². The highest BCUT2D eigenvalue weighted by Gasteiger charge is 2.09. The summed E-state index contributed by atoms with van der Waals surface area (Å²) in [4.78, 5) is 14.1. The lowest BCUT2D eigenvalue weighted by atomic mass is 10.2. The van der Waals surface area contributed by atoms with E-state index in [2.05, 4.69) is 5.32 Å². The average molecular weight is 364 g/mol. The number of hydrogen-bond donors (Lipinski definition) is 1. The molecular weight excluding hydrogens is 340 g/mol. The van der Waals surface area contributed by atoms with Gasteiger partial charge in [0, 0.05) is 5.69 Å². The Bertz CT molecular complexity index is 857. The second-order valence-corrected chi connectivity index (χ2v) is 6.53. The Morgan fingerprint density at radius 2 is 1.78 bits per heavy atom. The number of hydrogen-bond acceptors (Lipinski definition) is 4. The van der Waals surface area contributed by atoms with Crippen LogP contribution >= 0.6 is 0 Å². The molecule has 3 rings (SSSR count). The quantitative estimate of drug-likeness (QED) is 0.650. The molecule has 1 aromatic heterocycles. The average Bonchev–Trinajstić information content (AvgIpc) is 3.06. The monoisotopic (exact) mass is 364 g/mol. The van der Waals surface area contributed by atoms with Gasteiger partial charge < -0.3 is 14.5 Å². The topological polar surface area (TPSA) is 54.7 Å². The molecular formula is C22H24N2O3. The zero-order valence-corrected chi connectivity index (χ0v) is 15.6. The highest BCUT2D eigenvalue weighted by molar-refractivity contribution is 5.92. The Hall–Kier alpha value is -3.05. The summed E-state index contributed by atoms with van der Waals surface area (Å²) in [6.07, 6.45) is 0. The number of rotatable bonds is 8. The molecule has 140 valence electrons. The van der Waals surface area contributed by atoms with Crippen LogP contribution in [-0.2, 0) is 17.9 Å².